The highest BCUT2D eigenvalue weighted by molar-refractivity contribution is 5.97. The minimum Gasteiger partial charge on any atom is -0.472 e. The quantitative estimate of drug-likeness (QED) is 0.250. The van der Waals surface area contributed by atoms with Crippen LogP contribution < -0.4 is 5.32 Å². The fraction of sp³-hybridized carbons (Fsp3) is 0.241. The molecule has 0 aliphatic heterocycles. The average Bonchev–Trinajstić information content (AvgIpc) is 3.74. The van der Waals surface area contributed by atoms with Crippen molar-refractivity contribution in [3.05, 3.63) is 73.1 Å². The Labute approximate surface area is 213 Å². The Kier molecular flexibility index (Phi) is 5.51. The number of H-pyrrole nitrogens is 2. The van der Waals surface area contributed by atoms with Crippen molar-refractivity contribution in [1.29, 1.82) is 0 Å². The van der Waals surface area contributed by atoms with Crippen LogP contribution in [0.25, 0.3) is 55.8 Å². The molecule has 0 bridgehead atoms. The maximum Gasteiger partial charge on any atom is 0.159 e. The smallest absolute Gasteiger partial charge is 0.159 e. The second-order valence-electron chi connectivity index (χ2n) is 9.85. The number of aromatic nitrogens is 6. The van der Waals surface area contributed by atoms with Crippen molar-refractivity contribution in [1.82, 2.24) is 35.5 Å². The van der Waals surface area contributed by atoms with Gasteiger partial charge in [-0.1, -0.05) is 25.0 Å². The van der Waals surface area contributed by atoms with Crippen LogP contribution in [-0.2, 0) is 6.54 Å². The second-order valence-corrected chi connectivity index (χ2v) is 9.85. The molecule has 1 fully saturated rings. The van der Waals surface area contributed by atoms with Gasteiger partial charge in [-0.15, -0.1) is 0 Å². The molecule has 1 aliphatic carbocycles. The number of hydrogen-bond donors (Lipinski definition) is 3. The lowest BCUT2D eigenvalue weighted by atomic mass is 10.1. The Bertz CT molecular complexity index is 1680. The lowest BCUT2D eigenvalue weighted by Crippen LogP contribution is -2.20. The van der Waals surface area contributed by atoms with Gasteiger partial charge < -0.3 is 14.7 Å². The SMILES string of the molecule is c1cc(-c2ccoc2)c2nc(-c3n[nH]c4cnc(-c5cncc(CNCC6CCCC6)c5)cc34)[nH]c2c1. The van der Waals surface area contributed by atoms with Gasteiger partial charge in [-0.2, -0.15) is 5.10 Å². The van der Waals surface area contributed by atoms with Crippen LogP contribution in [0.3, 0.4) is 0 Å². The van der Waals surface area contributed by atoms with E-state index in [4.69, 9.17) is 9.40 Å². The van der Waals surface area contributed by atoms with E-state index in [2.05, 4.69) is 42.6 Å². The van der Waals surface area contributed by atoms with E-state index in [0.29, 0.717) is 5.82 Å². The number of benzene rings is 1. The number of para-hydroxylation sites is 1. The van der Waals surface area contributed by atoms with Gasteiger partial charge in [0.05, 0.1) is 41.0 Å². The molecule has 0 unspecified atom stereocenters. The molecule has 37 heavy (non-hydrogen) atoms. The summed E-state index contributed by atoms with van der Waals surface area (Å²) < 4.78 is 5.29. The van der Waals surface area contributed by atoms with Gasteiger partial charge in [-0.05, 0) is 55.1 Å². The maximum atomic E-state index is 5.29. The normalized spacial score (nSPS) is 14.3. The summed E-state index contributed by atoms with van der Waals surface area (Å²) in [6.45, 7) is 1.89. The molecule has 5 aromatic heterocycles. The third-order valence-corrected chi connectivity index (χ3v) is 7.34. The van der Waals surface area contributed by atoms with E-state index in [-0.39, 0.29) is 0 Å². The minimum atomic E-state index is 0.706. The predicted octanol–water partition coefficient (Wildman–Crippen LogP) is 6.10. The van der Waals surface area contributed by atoms with Crippen LogP contribution in [0.5, 0.6) is 0 Å². The van der Waals surface area contributed by atoms with Gasteiger partial charge in [-0.3, -0.25) is 15.1 Å². The lowest BCUT2D eigenvalue weighted by Gasteiger charge is -2.11. The van der Waals surface area contributed by atoms with Crippen LogP contribution in [0.15, 0.2) is 71.9 Å². The fourth-order valence-corrected chi connectivity index (χ4v) is 5.41. The van der Waals surface area contributed by atoms with Gasteiger partial charge in [0.15, 0.2) is 5.82 Å². The van der Waals surface area contributed by atoms with Gasteiger partial charge >= 0.3 is 0 Å². The largest absolute Gasteiger partial charge is 0.472 e. The Hall–Kier alpha value is -4.30. The van der Waals surface area contributed by atoms with Crippen molar-refractivity contribution in [2.75, 3.05) is 6.54 Å². The lowest BCUT2D eigenvalue weighted by molar-refractivity contribution is 0.489. The number of aromatic amines is 2. The third-order valence-electron chi connectivity index (χ3n) is 7.34. The summed E-state index contributed by atoms with van der Waals surface area (Å²) >= 11 is 0. The molecule has 8 nitrogen and oxygen atoms in total. The van der Waals surface area contributed by atoms with E-state index in [1.807, 2.05) is 42.9 Å². The summed E-state index contributed by atoms with van der Waals surface area (Å²) in [5.74, 6) is 1.52. The standard InChI is InChI=1S/C29H27N7O/c1-2-5-18(4-1)12-30-13-19-10-21(15-31-14-19)25-11-23-26(16-32-25)35-36-28(23)29-33-24-7-3-6-22(27(24)34-29)20-8-9-37-17-20/h3,6-11,14-18,30H,1-2,4-5,12-13H2,(H,33,34)(H,35,36). The molecule has 7 rings (SSSR count). The molecule has 0 amide bonds. The number of furan rings is 1. The topological polar surface area (TPSA) is 108 Å². The number of nitrogens with zero attached hydrogens (tertiary/aromatic N) is 4. The highest BCUT2D eigenvalue weighted by Gasteiger charge is 2.17. The molecule has 0 atom stereocenters. The molecule has 1 aliphatic rings. The molecule has 184 valence electrons. The Morgan fingerprint density at radius 1 is 1.00 bits per heavy atom. The summed E-state index contributed by atoms with van der Waals surface area (Å²) in [4.78, 5) is 17.5. The Balaban J connectivity index is 1.20. The van der Waals surface area contributed by atoms with E-state index < -0.39 is 0 Å². The van der Waals surface area contributed by atoms with Crippen molar-refractivity contribution in [2.24, 2.45) is 5.92 Å². The van der Waals surface area contributed by atoms with E-state index in [0.717, 1.165) is 74.6 Å². The van der Waals surface area contributed by atoms with Gasteiger partial charge in [-0.25, -0.2) is 4.98 Å². The molecule has 1 saturated carbocycles. The average molecular weight is 490 g/mol. The molecule has 0 radical (unpaired) electrons. The van der Waals surface area contributed by atoms with Crippen molar-refractivity contribution >= 4 is 21.9 Å². The van der Waals surface area contributed by atoms with Crippen molar-refractivity contribution in [2.45, 2.75) is 32.2 Å². The molecule has 8 heteroatoms. The molecular formula is C29H27N7O. The number of nitrogens with one attached hydrogen (secondary N) is 3. The van der Waals surface area contributed by atoms with Crippen LogP contribution in [0, 0.1) is 5.92 Å². The van der Waals surface area contributed by atoms with E-state index >= 15 is 0 Å². The molecule has 1 aromatic carbocycles. The van der Waals surface area contributed by atoms with Crippen molar-refractivity contribution in [3.63, 3.8) is 0 Å². The first-order chi connectivity index (χ1) is 18.3. The fourth-order valence-electron chi connectivity index (χ4n) is 5.41. The molecular weight excluding hydrogens is 462 g/mol. The van der Waals surface area contributed by atoms with E-state index in [1.165, 1.54) is 25.7 Å². The first kappa shape index (κ1) is 21.9. The molecule has 6 aromatic rings. The van der Waals surface area contributed by atoms with Gasteiger partial charge in [0.25, 0.3) is 0 Å². The zero-order valence-electron chi connectivity index (χ0n) is 20.4. The molecule has 5 heterocycles. The molecule has 0 spiro atoms. The highest BCUT2D eigenvalue weighted by Crippen LogP contribution is 2.32. The summed E-state index contributed by atoms with van der Waals surface area (Å²) in [5, 5.41) is 12.3. The van der Waals surface area contributed by atoms with Crippen LogP contribution in [-0.4, -0.2) is 36.7 Å². The number of pyridine rings is 2. The second kappa shape index (κ2) is 9.29. The van der Waals surface area contributed by atoms with Crippen molar-refractivity contribution in [3.8, 4) is 33.9 Å². The van der Waals surface area contributed by atoms with E-state index in [1.54, 1.807) is 12.5 Å². The van der Waals surface area contributed by atoms with Gasteiger partial charge in [0, 0.05) is 41.0 Å². The van der Waals surface area contributed by atoms with Gasteiger partial charge in [0.2, 0.25) is 0 Å². The van der Waals surface area contributed by atoms with Crippen LogP contribution >= 0.6 is 0 Å². The Morgan fingerprint density at radius 2 is 1.95 bits per heavy atom. The van der Waals surface area contributed by atoms with E-state index in [9.17, 15) is 0 Å². The zero-order chi connectivity index (χ0) is 24.6. The number of fused-ring (bicyclic) bond motifs is 2. The van der Waals surface area contributed by atoms with Crippen LogP contribution in [0.4, 0.5) is 0 Å². The highest BCUT2D eigenvalue weighted by atomic mass is 16.3. The summed E-state index contributed by atoms with van der Waals surface area (Å²) in [6.07, 6.45) is 14.5. The first-order valence-electron chi connectivity index (χ1n) is 12.8. The minimum absolute atomic E-state index is 0.706. The Morgan fingerprint density at radius 3 is 2.84 bits per heavy atom. The summed E-state index contributed by atoms with van der Waals surface area (Å²) in [5.41, 5.74) is 8.46. The third kappa shape index (κ3) is 4.19. The summed E-state index contributed by atoms with van der Waals surface area (Å²) in [7, 11) is 0. The van der Waals surface area contributed by atoms with Crippen LogP contribution in [0.1, 0.15) is 31.2 Å². The zero-order valence-corrected chi connectivity index (χ0v) is 20.4. The number of hydrogen-bond acceptors (Lipinski definition) is 6. The number of imidazole rings is 1. The summed E-state index contributed by atoms with van der Waals surface area (Å²) in [6, 6.07) is 12.3. The van der Waals surface area contributed by atoms with Crippen molar-refractivity contribution < 1.29 is 4.42 Å². The molecule has 0 saturated heterocycles. The maximum absolute atomic E-state index is 5.29. The molecule has 3 N–H and O–H groups in total. The monoisotopic (exact) mass is 489 g/mol. The predicted molar refractivity (Wildman–Crippen MR) is 144 cm³/mol. The first-order valence-corrected chi connectivity index (χ1v) is 12.8. The van der Waals surface area contributed by atoms with Crippen LogP contribution in [0.2, 0.25) is 0 Å². The van der Waals surface area contributed by atoms with Gasteiger partial charge in [0.1, 0.15) is 5.69 Å². The number of rotatable bonds is 7.